The number of halogens is 1. The molecule has 2 aliphatic rings. The summed E-state index contributed by atoms with van der Waals surface area (Å²) in [5, 5.41) is 2.90. The van der Waals surface area contributed by atoms with E-state index in [1.165, 1.54) is 23.9 Å². The number of morpholine rings is 1. The number of thioether (sulfide) groups is 1. The molecule has 2 fully saturated rings. The number of ether oxygens (including phenoxy) is 1. The standard InChI is InChI=1S/C17H22FN3O3S/c18-14-3-1-2-13(8-14)15(20-4-6-24-7-5-20)9-19-16(22)10-21-12-25-11-17(21)23/h1-3,8,15H,4-7,9-12H2,(H,19,22)/t15-/m1/s1. The molecule has 136 valence electrons. The zero-order chi connectivity index (χ0) is 17.6. The van der Waals surface area contributed by atoms with E-state index in [1.807, 2.05) is 6.07 Å². The van der Waals surface area contributed by atoms with Crippen molar-refractivity contribution in [1.29, 1.82) is 0 Å². The van der Waals surface area contributed by atoms with E-state index in [0.29, 0.717) is 31.4 Å². The third kappa shape index (κ3) is 4.93. The molecular weight excluding hydrogens is 345 g/mol. The Morgan fingerprint density at radius 1 is 1.36 bits per heavy atom. The molecule has 8 heteroatoms. The molecule has 0 aromatic heterocycles. The fraction of sp³-hybridized carbons (Fsp3) is 0.529. The Hall–Kier alpha value is -1.64. The summed E-state index contributed by atoms with van der Waals surface area (Å²) in [5.74, 6) is 0.512. The van der Waals surface area contributed by atoms with Gasteiger partial charge in [0.05, 0.1) is 30.9 Å². The lowest BCUT2D eigenvalue weighted by atomic mass is 10.0. The molecular formula is C17H22FN3O3S. The molecule has 6 nitrogen and oxygen atoms in total. The molecule has 25 heavy (non-hydrogen) atoms. The smallest absolute Gasteiger partial charge is 0.239 e. The maximum absolute atomic E-state index is 13.6. The van der Waals surface area contributed by atoms with Gasteiger partial charge in [-0.25, -0.2) is 4.39 Å². The van der Waals surface area contributed by atoms with Gasteiger partial charge < -0.3 is 15.0 Å². The first-order valence-electron chi connectivity index (χ1n) is 8.33. The van der Waals surface area contributed by atoms with Crippen LogP contribution in [0.2, 0.25) is 0 Å². The first kappa shape index (κ1) is 18.2. The molecule has 2 amide bonds. The van der Waals surface area contributed by atoms with Crippen molar-refractivity contribution in [2.45, 2.75) is 6.04 Å². The lowest BCUT2D eigenvalue weighted by Gasteiger charge is -2.35. The number of nitrogens with zero attached hydrogens (tertiary/aromatic N) is 2. The Labute approximate surface area is 150 Å². The molecule has 0 bridgehead atoms. The van der Waals surface area contributed by atoms with Gasteiger partial charge in [0, 0.05) is 19.6 Å². The van der Waals surface area contributed by atoms with E-state index in [0.717, 1.165) is 18.7 Å². The fourth-order valence-corrected chi connectivity index (χ4v) is 3.94. The van der Waals surface area contributed by atoms with Gasteiger partial charge in [0.2, 0.25) is 11.8 Å². The van der Waals surface area contributed by atoms with Gasteiger partial charge in [-0.2, -0.15) is 0 Å². The summed E-state index contributed by atoms with van der Waals surface area (Å²) in [4.78, 5) is 27.6. The van der Waals surface area contributed by atoms with Crippen LogP contribution in [0, 0.1) is 5.82 Å². The van der Waals surface area contributed by atoms with Crippen LogP contribution in [0.25, 0.3) is 0 Å². The van der Waals surface area contributed by atoms with Crippen molar-refractivity contribution in [1.82, 2.24) is 15.1 Å². The van der Waals surface area contributed by atoms with Crippen molar-refractivity contribution in [2.24, 2.45) is 0 Å². The van der Waals surface area contributed by atoms with Gasteiger partial charge in [-0.15, -0.1) is 11.8 Å². The lowest BCUT2D eigenvalue weighted by Crippen LogP contribution is -2.45. The van der Waals surface area contributed by atoms with Crippen LogP contribution in [0.5, 0.6) is 0 Å². The van der Waals surface area contributed by atoms with Crippen LogP contribution in [0.1, 0.15) is 11.6 Å². The van der Waals surface area contributed by atoms with Crippen molar-refractivity contribution in [3.05, 3.63) is 35.6 Å². The Bertz CT molecular complexity index is 625. The molecule has 1 atom stereocenters. The summed E-state index contributed by atoms with van der Waals surface area (Å²) < 4.78 is 19.0. The molecule has 0 radical (unpaired) electrons. The number of hydrogen-bond donors (Lipinski definition) is 1. The highest BCUT2D eigenvalue weighted by molar-refractivity contribution is 8.00. The monoisotopic (exact) mass is 367 g/mol. The quantitative estimate of drug-likeness (QED) is 0.808. The highest BCUT2D eigenvalue weighted by Crippen LogP contribution is 2.22. The van der Waals surface area contributed by atoms with Crippen LogP contribution in [0.3, 0.4) is 0 Å². The van der Waals surface area contributed by atoms with E-state index in [1.54, 1.807) is 11.0 Å². The molecule has 0 unspecified atom stereocenters. The minimum absolute atomic E-state index is 0.00462. The third-order valence-corrected chi connectivity index (χ3v) is 5.32. The van der Waals surface area contributed by atoms with E-state index >= 15 is 0 Å². The van der Waals surface area contributed by atoms with Crippen molar-refractivity contribution in [3.63, 3.8) is 0 Å². The Morgan fingerprint density at radius 2 is 2.16 bits per heavy atom. The molecule has 0 saturated carbocycles. The maximum atomic E-state index is 13.6. The SMILES string of the molecule is O=C(CN1CSCC1=O)NC[C@H](c1cccc(F)c1)N1CCOCC1. The molecule has 1 N–H and O–H groups in total. The zero-order valence-electron chi connectivity index (χ0n) is 13.9. The van der Waals surface area contributed by atoms with Gasteiger partial charge in [-0.3, -0.25) is 14.5 Å². The van der Waals surface area contributed by atoms with Crippen LogP contribution < -0.4 is 5.32 Å². The number of rotatable bonds is 6. The largest absolute Gasteiger partial charge is 0.379 e. The first-order valence-corrected chi connectivity index (χ1v) is 9.48. The van der Waals surface area contributed by atoms with Gasteiger partial charge in [0.1, 0.15) is 12.4 Å². The number of carbonyl (C=O) groups excluding carboxylic acids is 2. The van der Waals surface area contributed by atoms with Crippen molar-refractivity contribution in [3.8, 4) is 0 Å². The normalized spacial score (nSPS) is 19.9. The summed E-state index contributed by atoms with van der Waals surface area (Å²) in [7, 11) is 0. The minimum atomic E-state index is -0.290. The second-order valence-electron chi connectivity index (χ2n) is 6.09. The molecule has 2 heterocycles. The number of benzene rings is 1. The van der Waals surface area contributed by atoms with E-state index in [2.05, 4.69) is 10.2 Å². The van der Waals surface area contributed by atoms with Gasteiger partial charge in [-0.05, 0) is 17.7 Å². The highest BCUT2D eigenvalue weighted by atomic mass is 32.2. The summed E-state index contributed by atoms with van der Waals surface area (Å²) in [6, 6.07) is 6.35. The summed E-state index contributed by atoms with van der Waals surface area (Å²) in [6.45, 7) is 3.16. The molecule has 3 rings (SSSR count). The number of carbonyl (C=O) groups is 2. The summed E-state index contributed by atoms with van der Waals surface area (Å²) in [6.07, 6.45) is 0. The fourth-order valence-electron chi connectivity index (χ4n) is 3.04. The van der Waals surface area contributed by atoms with Crippen LogP contribution in [0.15, 0.2) is 24.3 Å². The minimum Gasteiger partial charge on any atom is -0.379 e. The lowest BCUT2D eigenvalue weighted by molar-refractivity contribution is -0.132. The van der Waals surface area contributed by atoms with Gasteiger partial charge in [-0.1, -0.05) is 12.1 Å². The van der Waals surface area contributed by atoms with Gasteiger partial charge in [0.15, 0.2) is 0 Å². The van der Waals surface area contributed by atoms with Crippen molar-refractivity contribution >= 4 is 23.6 Å². The van der Waals surface area contributed by atoms with Crippen LogP contribution in [0.4, 0.5) is 4.39 Å². The highest BCUT2D eigenvalue weighted by Gasteiger charge is 2.26. The first-order chi connectivity index (χ1) is 12.1. The predicted molar refractivity (Wildman–Crippen MR) is 93.6 cm³/mol. The topological polar surface area (TPSA) is 61.9 Å². The Balaban J connectivity index is 1.62. The van der Waals surface area contributed by atoms with Crippen LogP contribution in [-0.4, -0.2) is 72.6 Å². The Morgan fingerprint density at radius 3 is 2.84 bits per heavy atom. The average molecular weight is 367 g/mol. The number of hydrogen-bond acceptors (Lipinski definition) is 5. The average Bonchev–Trinajstić information content (AvgIpc) is 3.01. The zero-order valence-corrected chi connectivity index (χ0v) is 14.8. The van der Waals surface area contributed by atoms with Gasteiger partial charge in [0.25, 0.3) is 0 Å². The van der Waals surface area contributed by atoms with Gasteiger partial charge >= 0.3 is 0 Å². The van der Waals surface area contributed by atoms with E-state index in [-0.39, 0.29) is 30.2 Å². The van der Waals surface area contributed by atoms with Crippen molar-refractivity contribution in [2.75, 3.05) is 51.0 Å². The van der Waals surface area contributed by atoms with E-state index in [4.69, 9.17) is 4.74 Å². The van der Waals surface area contributed by atoms with E-state index in [9.17, 15) is 14.0 Å². The Kier molecular flexibility index (Phi) is 6.28. The molecule has 1 aromatic carbocycles. The predicted octanol–water partition coefficient (Wildman–Crippen LogP) is 0.848. The molecule has 2 aliphatic heterocycles. The van der Waals surface area contributed by atoms with Crippen molar-refractivity contribution < 1.29 is 18.7 Å². The third-order valence-electron chi connectivity index (χ3n) is 4.37. The molecule has 2 saturated heterocycles. The summed E-state index contributed by atoms with van der Waals surface area (Å²) >= 11 is 1.51. The summed E-state index contributed by atoms with van der Waals surface area (Å²) in [5.41, 5.74) is 0.829. The molecule has 0 spiro atoms. The maximum Gasteiger partial charge on any atom is 0.239 e. The number of amides is 2. The van der Waals surface area contributed by atoms with Crippen LogP contribution in [-0.2, 0) is 14.3 Å². The second kappa shape index (κ2) is 8.64. The van der Waals surface area contributed by atoms with Crippen LogP contribution >= 0.6 is 11.8 Å². The molecule has 1 aromatic rings. The molecule has 0 aliphatic carbocycles. The number of nitrogens with one attached hydrogen (secondary N) is 1. The second-order valence-corrected chi connectivity index (χ2v) is 7.05. The van der Waals surface area contributed by atoms with E-state index < -0.39 is 0 Å².